The van der Waals surface area contributed by atoms with Crippen molar-refractivity contribution < 1.29 is 9.53 Å². The van der Waals surface area contributed by atoms with Gasteiger partial charge in [-0.1, -0.05) is 18.2 Å². The first kappa shape index (κ1) is 14.4. The summed E-state index contributed by atoms with van der Waals surface area (Å²) in [5.74, 6) is 1.06. The van der Waals surface area contributed by atoms with Crippen LogP contribution in [0.15, 0.2) is 24.3 Å². The second kappa shape index (κ2) is 5.66. The van der Waals surface area contributed by atoms with Gasteiger partial charge in [-0.3, -0.25) is 9.69 Å². The smallest absolute Gasteiger partial charge is 0.242 e. The van der Waals surface area contributed by atoms with Gasteiger partial charge < -0.3 is 15.4 Å². The van der Waals surface area contributed by atoms with Crippen molar-refractivity contribution in [2.24, 2.45) is 5.73 Å². The van der Waals surface area contributed by atoms with E-state index in [9.17, 15) is 4.79 Å². The fourth-order valence-electron chi connectivity index (χ4n) is 2.85. The van der Waals surface area contributed by atoms with Crippen LogP contribution in [-0.4, -0.2) is 54.5 Å². The molecular formula is C16H23N3O2. The van der Waals surface area contributed by atoms with Gasteiger partial charge in [0.2, 0.25) is 5.91 Å². The van der Waals surface area contributed by atoms with Crippen LogP contribution in [0.5, 0.6) is 5.75 Å². The number of carbonyl (C=O) groups is 1. The maximum atomic E-state index is 12.2. The number of carbonyl (C=O) groups excluding carboxylic acids is 1. The Labute approximate surface area is 125 Å². The SMILES string of the molecule is COc1ccccc1CN1CCN(C(=O)C2(N)CC2)CC1. The van der Waals surface area contributed by atoms with Crippen LogP contribution in [-0.2, 0) is 11.3 Å². The first-order valence-electron chi connectivity index (χ1n) is 7.55. The van der Waals surface area contributed by atoms with Crippen LogP contribution < -0.4 is 10.5 Å². The number of para-hydroxylation sites is 1. The molecule has 1 heterocycles. The van der Waals surface area contributed by atoms with Gasteiger partial charge >= 0.3 is 0 Å². The van der Waals surface area contributed by atoms with Gasteiger partial charge in [0.15, 0.2) is 0 Å². The van der Waals surface area contributed by atoms with Crippen LogP contribution in [0.2, 0.25) is 0 Å². The van der Waals surface area contributed by atoms with Crippen LogP contribution in [0, 0.1) is 0 Å². The van der Waals surface area contributed by atoms with Crippen LogP contribution >= 0.6 is 0 Å². The van der Waals surface area contributed by atoms with Crippen molar-refractivity contribution in [3.8, 4) is 5.75 Å². The molecule has 21 heavy (non-hydrogen) atoms. The Balaban J connectivity index is 1.55. The summed E-state index contributed by atoms with van der Waals surface area (Å²) in [5, 5.41) is 0. The van der Waals surface area contributed by atoms with E-state index >= 15 is 0 Å². The van der Waals surface area contributed by atoms with Crippen molar-refractivity contribution in [2.45, 2.75) is 24.9 Å². The molecule has 0 atom stereocenters. The standard InChI is InChI=1S/C16H23N3O2/c1-21-14-5-3-2-4-13(14)12-18-8-10-19(11-9-18)15(20)16(17)6-7-16/h2-5H,6-12,17H2,1H3. The highest BCUT2D eigenvalue weighted by atomic mass is 16.5. The van der Waals surface area contributed by atoms with Crippen molar-refractivity contribution in [1.29, 1.82) is 0 Å². The van der Waals surface area contributed by atoms with E-state index in [-0.39, 0.29) is 5.91 Å². The topological polar surface area (TPSA) is 58.8 Å². The Morgan fingerprint density at radius 2 is 1.90 bits per heavy atom. The quantitative estimate of drug-likeness (QED) is 0.892. The van der Waals surface area contributed by atoms with Crippen molar-refractivity contribution >= 4 is 5.91 Å². The summed E-state index contributed by atoms with van der Waals surface area (Å²) in [5.41, 5.74) is 6.65. The van der Waals surface area contributed by atoms with Crippen LogP contribution in [0.4, 0.5) is 0 Å². The number of methoxy groups -OCH3 is 1. The summed E-state index contributed by atoms with van der Waals surface area (Å²) in [4.78, 5) is 16.5. The van der Waals surface area contributed by atoms with Crippen molar-refractivity contribution in [3.05, 3.63) is 29.8 Å². The number of benzene rings is 1. The summed E-state index contributed by atoms with van der Waals surface area (Å²) in [6.07, 6.45) is 1.68. The molecule has 0 bridgehead atoms. The molecule has 5 heteroatoms. The number of hydrogen-bond donors (Lipinski definition) is 1. The van der Waals surface area contributed by atoms with E-state index in [0.29, 0.717) is 0 Å². The molecule has 1 aromatic rings. The van der Waals surface area contributed by atoms with Crippen LogP contribution in [0.3, 0.4) is 0 Å². The van der Waals surface area contributed by atoms with Crippen molar-refractivity contribution in [3.63, 3.8) is 0 Å². The summed E-state index contributed by atoms with van der Waals surface area (Å²) in [7, 11) is 1.70. The highest BCUT2D eigenvalue weighted by Crippen LogP contribution is 2.34. The molecule has 1 amide bonds. The predicted octanol–water partition coefficient (Wildman–Crippen LogP) is 0.831. The third-order valence-corrected chi connectivity index (χ3v) is 4.46. The highest BCUT2D eigenvalue weighted by Gasteiger charge is 2.48. The van der Waals surface area contributed by atoms with E-state index in [2.05, 4.69) is 11.0 Å². The van der Waals surface area contributed by atoms with E-state index in [0.717, 1.165) is 51.3 Å². The minimum Gasteiger partial charge on any atom is -0.496 e. The van der Waals surface area contributed by atoms with Crippen molar-refractivity contribution in [1.82, 2.24) is 9.80 Å². The fraction of sp³-hybridized carbons (Fsp3) is 0.562. The molecule has 1 saturated heterocycles. The van der Waals surface area contributed by atoms with Gasteiger partial charge in [-0.05, 0) is 18.9 Å². The second-order valence-electron chi connectivity index (χ2n) is 6.04. The zero-order valence-corrected chi connectivity index (χ0v) is 12.5. The molecule has 3 rings (SSSR count). The Morgan fingerprint density at radius 1 is 1.24 bits per heavy atom. The minimum atomic E-state index is -0.537. The third kappa shape index (κ3) is 3.04. The molecule has 2 fully saturated rings. The molecule has 1 aliphatic carbocycles. The average Bonchev–Trinajstić information content (AvgIpc) is 3.27. The molecular weight excluding hydrogens is 266 g/mol. The van der Waals surface area contributed by atoms with Crippen LogP contribution in [0.25, 0.3) is 0 Å². The second-order valence-corrected chi connectivity index (χ2v) is 6.04. The molecule has 1 aliphatic heterocycles. The number of amides is 1. The summed E-state index contributed by atoms with van der Waals surface area (Å²) >= 11 is 0. The molecule has 2 N–H and O–H groups in total. The van der Waals surface area contributed by atoms with E-state index in [1.54, 1.807) is 7.11 Å². The molecule has 0 unspecified atom stereocenters. The zero-order chi connectivity index (χ0) is 14.9. The van der Waals surface area contributed by atoms with Gasteiger partial charge in [0.25, 0.3) is 0 Å². The molecule has 114 valence electrons. The maximum absolute atomic E-state index is 12.2. The van der Waals surface area contributed by atoms with Gasteiger partial charge in [0.05, 0.1) is 12.6 Å². The first-order chi connectivity index (χ1) is 10.1. The van der Waals surface area contributed by atoms with Gasteiger partial charge in [0, 0.05) is 38.3 Å². The lowest BCUT2D eigenvalue weighted by molar-refractivity contribution is -0.135. The molecule has 2 aliphatic rings. The maximum Gasteiger partial charge on any atom is 0.242 e. The predicted molar refractivity (Wildman–Crippen MR) is 81.0 cm³/mol. The Hall–Kier alpha value is -1.59. The monoisotopic (exact) mass is 289 g/mol. The van der Waals surface area contributed by atoms with E-state index < -0.39 is 5.54 Å². The molecule has 0 radical (unpaired) electrons. The average molecular weight is 289 g/mol. The zero-order valence-electron chi connectivity index (χ0n) is 12.5. The summed E-state index contributed by atoms with van der Waals surface area (Å²) < 4.78 is 5.39. The molecule has 0 aromatic heterocycles. The highest BCUT2D eigenvalue weighted by molar-refractivity contribution is 5.89. The number of nitrogens with two attached hydrogens (primary N) is 1. The fourth-order valence-corrected chi connectivity index (χ4v) is 2.85. The molecule has 1 saturated carbocycles. The lowest BCUT2D eigenvalue weighted by Gasteiger charge is -2.36. The van der Waals surface area contributed by atoms with Gasteiger partial charge in [0.1, 0.15) is 5.75 Å². The Bertz CT molecular complexity index is 520. The number of rotatable bonds is 4. The molecule has 1 aromatic carbocycles. The van der Waals surface area contributed by atoms with Gasteiger partial charge in [-0.2, -0.15) is 0 Å². The van der Waals surface area contributed by atoms with Crippen LogP contribution in [0.1, 0.15) is 18.4 Å². The lowest BCUT2D eigenvalue weighted by atomic mass is 10.1. The number of hydrogen-bond acceptors (Lipinski definition) is 4. The third-order valence-electron chi connectivity index (χ3n) is 4.46. The number of piperazine rings is 1. The Kier molecular flexibility index (Phi) is 3.87. The first-order valence-corrected chi connectivity index (χ1v) is 7.55. The molecule has 0 spiro atoms. The summed E-state index contributed by atoms with van der Waals surface area (Å²) in [6.45, 7) is 4.18. The molecule has 5 nitrogen and oxygen atoms in total. The van der Waals surface area contributed by atoms with Gasteiger partial charge in [-0.25, -0.2) is 0 Å². The number of ether oxygens (including phenoxy) is 1. The normalized spacial score (nSPS) is 21.1. The minimum absolute atomic E-state index is 0.138. The van der Waals surface area contributed by atoms with E-state index in [1.807, 2.05) is 23.1 Å². The number of nitrogens with zero attached hydrogens (tertiary/aromatic N) is 2. The van der Waals surface area contributed by atoms with Crippen molar-refractivity contribution in [2.75, 3.05) is 33.3 Å². The van der Waals surface area contributed by atoms with Gasteiger partial charge in [-0.15, -0.1) is 0 Å². The largest absolute Gasteiger partial charge is 0.496 e. The summed E-state index contributed by atoms with van der Waals surface area (Å²) in [6, 6.07) is 8.09. The Morgan fingerprint density at radius 3 is 2.52 bits per heavy atom. The van der Waals surface area contributed by atoms with E-state index in [1.165, 1.54) is 5.56 Å². The van der Waals surface area contributed by atoms with E-state index in [4.69, 9.17) is 10.5 Å². The lowest BCUT2D eigenvalue weighted by Crippen LogP contribution is -2.53.